The van der Waals surface area contributed by atoms with Crippen molar-refractivity contribution in [1.82, 2.24) is 4.98 Å². The zero-order valence-corrected chi connectivity index (χ0v) is 9.73. The minimum atomic E-state index is -0.945. The lowest BCUT2D eigenvalue weighted by molar-refractivity contribution is 0.0695. The molecule has 0 fully saturated rings. The van der Waals surface area contributed by atoms with Crippen LogP contribution in [0.5, 0.6) is 5.75 Å². The lowest BCUT2D eigenvalue weighted by Gasteiger charge is -2.07. The number of benzene rings is 1. The molecule has 0 aliphatic carbocycles. The van der Waals surface area contributed by atoms with E-state index in [1.165, 1.54) is 0 Å². The maximum atomic E-state index is 11.1. The Hall–Kier alpha value is -2.10. The summed E-state index contributed by atoms with van der Waals surface area (Å²) in [6, 6.07) is 7.08. The number of carbonyl (C=O) groups is 1. The Morgan fingerprint density at radius 3 is 2.76 bits per heavy atom. The quantitative estimate of drug-likeness (QED) is 0.881. The van der Waals surface area contributed by atoms with Crippen LogP contribution in [-0.4, -0.2) is 23.2 Å². The molecule has 1 N–H and O–H groups in total. The highest BCUT2D eigenvalue weighted by Gasteiger charge is 2.12. The molecule has 0 aliphatic heterocycles. The Morgan fingerprint density at radius 1 is 1.41 bits per heavy atom. The van der Waals surface area contributed by atoms with Crippen LogP contribution >= 0.6 is 0 Å². The molecule has 1 aromatic heterocycles. The van der Waals surface area contributed by atoms with Gasteiger partial charge in [0.05, 0.1) is 23.9 Å². The van der Waals surface area contributed by atoms with Gasteiger partial charge in [-0.1, -0.05) is 6.92 Å². The normalized spacial score (nSPS) is 10.5. The predicted molar refractivity (Wildman–Crippen MR) is 64.6 cm³/mol. The fourth-order valence-electron chi connectivity index (χ4n) is 1.78. The number of nitrogens with zero attached hydrogens (tertiary/aromatic N) is 1. The number of carboxylic acid groups (broad SMARTS) is 1. The van der Waals surface area contributed by atoms with E-state index in [0.29, 0.717) is 17.9 Å². The summed E-state index contributed by atoms with van der Waals surface area (Å²) >= 11 is 0. The molecule has 2 aromatic rings. The van der Waals surface area contributed by atoms with E-state index < -0.39 is 5.97 Å². The summed E-state index contributed by atoms with van der Waals surface area (Å²) < 4.78 is 5.10. The number of aryl methyl sites for hydroxylation is 1. The maximum absolute atomic E-state index is 11.1. The second-order valence-corrected chi connectivity index (χ2v) is 3.70. The molecule has 0 unspecified atom stereocenters. The molecule has 4 heteroatoms. The van der Waals surface area contributed by atoms with Crippen LogP contribution in [0.25, 0.3) is 10.9 Å². The van der Waals surface area contributed by atoms with Crippen LogP contribution in [0.15, 0.2) is 24.3 Å². The lowest BCUT2D eigenvalue weighted by Crippen LogP contribution is -2.04. The molecule has 0 radical (unpaired) electrons. The van der Waals surface area contributed by atoms with Crippen LogP contribution in [0.3, 0.4) is 0 Å². The molecule has 0 amide bonds. The Bertz CT molecular complexity index is 578. The van der Waals surface area contributed by atoms with Gasteiger partial charge in [0.1, 0.15) is 5.75 Å². The summed E-state index contributed by atoms with van der Waals surface area (Å²) in [6.07, 6.45) is 0.601. The summed E-state index contributed by atoms with van der Waals surface area (Å²) in [5, 5.41) is 9.89. The minimum Gasteiger partial charge on any atom is -0.497 e. The van der Waals surface area contributed by atoms with E-state index >= 15 is 0 Å². The summed E-state index contributed by atoms with van der Waals surface area (Å²) in [5.74, 6) is -0.251. The van der Waals surface area contributed by atoms with Gasteiger partial charge in [-0.2, -0.15) is 0 Å². The average Bonchev–Trinajstić information content (AvgIpc) is 2.36. The van der Waals surface area contributed by atoms with Crippen molar-refractivity contribution in [3.05, 3.63) is 35.5 Å². The van der Waals surface area contributed by atoms with E-state index in [0.717, 1.165) is 10.9 Å². The number of hydrogen-bond acceptors (Lipinski definition) is 3. The number of pyridine rings is 1. The highest BCUT2D eigenvalue weighted by Crippen LogP contribution is 2.22. The highest BCUT2D eigenvalue weighted by atomic mass is 16.5. The molecule has 17 heavy (non-hydrogen) atoms. The highest BCUT2D eigenvalue weighted by molar-refractivity contribution is 5.94. The minimum absolute atomic E-state index is 0.258. The van der Waals surface area contributed by atoms with Crippen molar-refractivity contribution >= 4 is 16.9 Å². The SMILES string of the molecule is CCc1nc2ccc(OC)cc2cc1C(=O)O. The Labute approximate surface area is 98.9 Å². The predicted octanol–water partition coefficient (Wildman–Crippen LogP) is 2.50. The first-order chi connectivity index (χ1) is 8.15. The number of ether oxygens (including phenoxy) is 1. The first-order valence-corrected chi connectivity index (χ1v) is 5.36. The van der Waals surface area contributed by atoms with Crippen LogP contribution in [-0.2, 0) is 6.42 Å². The van der Waals surface area contributed by atoms with Gasteiger partial charge < -0.3 is 9.84 Å². The molecular formula is C13H13NO3. The van der Waals surface area contributed by atoms with E-state index in [2.05, 4.69) is 4.98 Å². The van der Waals surface area contributed by atoms with E-state index in [-0.39, 0.29) is 5.56 Å². The summed E-state index contributed by atoms with van der Waals surface area (Å²) in [6.45, 7) is 1.89. The van der Waals surface area contributed by atoms with Gasteiger partial charge in [-0.05, 0) is 30.7 Å². The molecule has 88 valence electrons. The molecule has 1 aromatic carbocycles. The third-order valence-corrected chi connectivity index (χ3v) is 2.67. The number of aromatic nitrogens is 1. The van der Waals surface area contributed by atoms with Crippen LogP contribution in [0.4, 0.5) is 0 Å². The largest absolute Gasteiger partial charge is 0.497 e. The zero-order valence-electron chi connectivity index (χ0n) is 9.73. The van der Waals surface area contributed by atoms with Crippen molar-refractivity contribution in [2.24, 2.45) is 0 Å². The maximum Gasteiger partial charge on any atom is 0.337 e. The van der Waals surface area contributed by atoms with Gasteiger partial charge in [0.15, 0.2) is 0 Å². The van der Waals surface area contributed by atoms with Crippen LogP contribution < -0.4 is 4.74 Å². The van der Waals surface area contributed by atoms with Gasteiger partial charge in [0.25, 0.3) is 0 Å². The second-order valence-electron chi connectivity index (χ2n) is 3.70. The summed E-state index contributed by atoms with van der Waals surface area (Å²) in [7, 11) is 1.58. The number of carboxylic acids is 1. The third-order valence-electron chi connectivity index (χ3n) is 2.67. The second kappa shape index (κ2) is 4.41. The van der Waals surface area contributed by atoms with Crippen molar-refractivity contribution in [2.75, 3.05) is 7.11 Å². The Kier molecular flexibility index (Phi) is 2.95. The van der Waals surface area contributed by atoms with Gasteiger partial charge in [0.2, 0.25) is 0 Å². The first-order valence-electron chi connectivity index (χ1n) is 5.36. The van der Waals surface area contributed by atoms with Crippen LogP contribution in [0.1, 0.15) is 23.0 Å². The molecule has 1 heterocycles. The zero-order chi connectivity index (χ0) is 12.4. The molecular weight excluding hydrogens is 218 g/mol. The van der Waals surface area contributed by atoms with Crippen molar-refractivity contribution in [1.29, 1.82) is 0 Å². The number of aromatic carboxylic acids is 1. The smallest absolute Gasteiger partial charge is 0.337 e. The third kappa shape index (κ3) is 2.06. The van der Waals surface area contributed by atoms with Gasteiger partial charge in [-0.15, -0.1) is 0 Å². The molecule has 0 saturated heterocycles. The van der Waals surface area contributed by atoms with E-state index in [4.69, 9.17) is 9.84 Å². The molecule has 0 saturated carbocycles. The molecule has 0 spiro atoms. The number of fused-ring (bicyclic) bond motifs is 1. The monoisotopic (exact) mass is 231 g/mol. The number of rotatable bonds is 3. The van der Waals surface area contributed by atoms with Crippen molar-refractivity contribution < 1.29 is 14.6 Å². The molecule has 2 rings (SSSR count). The topological polar surface area (TPSA) is 59.4 Å². The van der Waals surface area contributed by atoms with Crippen molar-refractivity contribution in [3.63, 3.8) is 0 Å². The van der Waals surface area contributed by atoms with Crippen molar-refractivity contribution in [3.8, 4) is 5.75 Å². The standard InChI is InChI=1S/C13H13NO3/c1-3-11-10(13(15)16)7-8-6-9(17-2)4-5-12(8)14-11/h4-7H,3H2,1-2H3,(H,15,16). The van der Waals surface area contributed by atoms with Crippen LogP contribution in [0, 0.1) is 0 Å². The van der Waals surface area contributed by atoms with Gasteiger partial charge in [0, 0.05) is 5.39 Å². The summed E-state index contributed by atoms with van der Waals surface area (Å²) in [4.78, 5) is 15.5. The molecule has 0 atom stereocenters. The Morgan fingerprint density at radius 2 is 2.18 bits per heavy atom. The fraction of sp³-hybridized carbons (Fsp3) is 0.231. The van der Waals surface area contributed by atoms with E-state index in [1.54, 1.807) is 19.2 Å². The van der Waals surface area contributed by atoms with E-state index in [9.17, 15) is 4.79 Å². The number of methoxy groups -OCH3 is 1. The van der Waals surface area contributed by atoms with E-state index in [1.807, 2.05) is 19.1 Å². The fourth-order valence-corrected chi connectivity index (χ4v) is 1.78. The molecule has 4 nitrogen and oxygen atoms in total. The first kappa shape index (κ1) is 11.4. The summed E-state index contributed by atoms with van der Waals surface area (Å²) in [5.41, 5.74) is 1.65. The Balaban J connectivity index is 2.69. The van der Waals surface area contributed by atoms with Gasteiger partial charge >= 0.3 is 5.97 Å². The molecule has 0 bridgehead atoms. The number of hydrogen-bond donors (Lipinski definition) is 1. The van der Waals surface area contributed by atoms with Gasteiger partial charge in [-0.25, -0.2) is 4.79 Å². The van der Waals surface area contributed by atoms with Crippen LogP contribution in [0.2, 0.25) is 0 Å². The molecule has 0 aliphatic rings. The van der Waals surface area contributed by atoms with Gasteiger partial charge in [-0.3, -0.25) is 4.98 Å². The average molecular weight is 231 g/mol. The lowest BCUT2D eigenvalue weighted by atomic mass is 10.1. The van der Waals surface area contributed by atoms with Crippen molar-refractivity contribution in [2.45, 2.75) is 13.3 Å².